The van der Waals surface area contributed by atoms with Gasteiger partial charge in [0.25, 0.3) is 11.7 Å². The van der Waals surface area contributed by atoms with Gasteiger partial charge in [-0.05, 0) is 53.3 Å². The van der Waals surface area contributed by atoms with Crippen LogP contribution in [0.3, 0.4) is 0 Å². The molecular weight excluding hydrogens is 534 g/mol. The first-order chi connectivity index (χ1) is 17.7. The van der Waals surface area contributed by atoms with Gasteiger partial charge in [0.2, 0.25) is 0 Å². The van der Waals surface area contributed by atoms with Gasteiger partial charge >= 0.3 is 0 Å². The van der Waals surface area contributed by atoms with Crippen LogP contribution in [0.15, 0.2) is 76.8 Å². The van der Waals surface area contributed by atoms with Crippen molar-refractivity contribution >= 4 is 33.4 Å². The third kappa shape index (κ3) is 5.42. The van der Waals surface area contributed by atoms with Crippen molar-refractivity contribution in [1.29, 1.82) is 0 Å². The summed E-state index contributed by atoms with van der Waals surface area (Å²) in [6.07, 6.45) is 0.492. The van der Waals surface area contributed by atoms with Gasteiger partial charge in [-0.3, -0.25) is 9.59 Å². The number of aliphatic hydroxyl groups is 1. The van der Waals surface area contributed by atoms with Crippen molar-refractivity contribution in [2.75, 3.05) is 20.8 Å². The summed E-state index contributed by atoms with van der Waals surface area (Å²) in [7, 11) is 3.15. The number of carbonyl (C=O) groups is 2. The molecule has 7 heteroatoms. The van der Waals surface area contributed by atoms with Crippen molar-refractivity contribution < 1.29 is 24.2 Å². The van der Waals surface area contributed by atoms with Crippen molar-refractivity contribution in [3.05, 3.63) is 99.0 Å². The SMILES string of the molecule is COc1ccc(CCN2C(=O)C(=O)C(=C(O)c3ccc(Br)cc3)C2c2ccc(C(C)C)cc2)cc1OC. The van der Waals surface area contributed by atoms with Crippen LogP contribution in [-0.4, -0.2) is 42.5 Å². The molecule has 192 valence electrons. The van der Waals surface area contributed by atoms with E-state index in [-0.39, 0.29) is 17.9 Å². The Morgan fingerprint density at radius 1 is 0.946 bits per heavy atom. The van der Waals surface area contributed by atoms with Crippen LogP contribution in [0.5, 0.6) is 11.5 Å². The van der Waals surface area contributed by atoms with Gasteiger partial charge in [0.15, 0.2) is 11.5 Å². The van der Waals surface area contributed by atoms with Crippen LogP contribution >= 0.6 is 15.9 Å². The van der Waals surface area contributed by atoms with Crippen molar-refractivity contribution in [2.24, 2.45) is 0 Å². The molecule has 37 heavy (non-hydrogen) atoms. The van der Waals surface area contributed by atoms with Crippen LogP contribution in [0.2, 0.25) is 0 Å². The number of nitrogens with zero attached hydrogens (tertiary/aromatic N) is 1. The van der Waals surface area contributed by atoms with Crippen LogP contribution in [0.1, 0.15) is 48.1 Å². The highest BCUT2D eigenvalue weighted by Gasteiger charge is 2.45. The molecule has 1 amide bonds. The van der Waals surface area contributed by atoms with Crippen LogP contribution in [0.25, 0.3) is 5.76 Å². The molecule has 6 nitrogen and oxygen atoms in total. The largest absolute Gasteiger partial charge is 0.507 e. The second kappa shape index (κ2) is 11.2. The van der Waals surface area contributed by atoms with Crippen LogP contribution in [0.4, 0.5) is 0 Å². The molecule has 0 bridgehead atoms. The number of Topliss-reactive ketones (excluding diaryl/α,β-unsaturated/α-hetero) is 1. The molecule has 1 heterocycles. The number of hydrogen-bond donors (Lipinski definition) is 1. The van der Waals surface area contributed by atoms with Gasteiger partial charge in [-0.1, -0.05) is 72.2 Å². The number of likely N-dealkylation sites (tertiary alicyclic amines) is 1. The summed E-state index contributed by atoms with van der Waals surface area (Å²) in [4.78, 5) is 28.1. The second-order valence-corrected chi connectivity index (χ2v) is 10.2. The predicted octanol–water partition coefficient (Wildman–Crippen LogP) is 6.25. The molecule has 1 aliphatic heterocycles. The highest BCUT2D eigenvalue weighted by atomic mass is 79.9. The summed E-state index contributed by atoms with van der Waals surface area (Å²) in [6.45, 7) is 4.50. The smallest absolute Gasteiger partial charge is 0.295 e. The minimum Gasteiger partial charge on any atom is -0.507 e. The molecule has 0 radical (unpaired) electrons. The van der Waals surface area contributed by atoms with E-state index in [4.69, 9.17) is 9.47 Å². The molecule has 0 aliphatic carbocycles. The van der Waals surface area contributed by atoms with Crippen molar-refractivity contribution in [3.8, 4) is 11.5 Å². The molecule has 1 saturated heterocycles. The predicted molar refractivity (Wildman–Crippen MR) is 147 cm³/mol. The molecule has 1 unspecified atom stereocenters. The molecular formula is C30H30BrNO5. The van der Waals surface area contributed by atoms with E-state index in [9.17, 15) is 14.7 Å². The van der Waals surface area contributed by atoms with Gasteiger partial charge in [0.05, 0.1) is 25.8 Å². The maximum atomic E-state index is 13.3. The quantitative estimate of drug-likeness (QED) is 0.199. The highest BCUT2D eigenvalue weighted by Crippen LogP contribution is 2.40. The zero-order valence-corrected chi connectivity index (χ0v) is 22.9. The number of amides is 1. The number of methoxy groups -OCH3 is 2. The van der Waals surface area contributed by atoms with Gasteiger partial charge in [-0.15, -0.1) is 0 Å². The lowest BCUT2D eigenvalue weighted by Gasteiger charge is -2.26. The van der Waals surface area contributed by atoms with Gasteiger partial charge in [0, 0.05) is 16.6 Å². The zero-order chi connectivity index (χ0) is 26.7. The maximum absolute atomic E-state index is 13.3. The zero-order valence-electron chi connectivity index (χ0n) is 21.3. The number of ether oxygens (including phenoxy) is 2. The Kier molecular flexibility index (Phi) is 8.03. The van der Waals surface area contributed by atoms with Crippen LogP contribution in [0, 0.1) is 0 Å². The lowest BCUT2D eigenvalue weighted by Crippen LogP contribution is -2.31. The Labute approximate surface area is 225 Å². The number of ketones is 1. The van der Waals surface area contributed by atoms with Crippen molar-refractivity contribution in [1.82, 2.24) is 4.90 Å². The van der Waals surface area contributed by atoms with Gasteiger partial charge in [-0.2, -0.15) is 0 Å². The van der Waals surface area contributed by atoms with E-state index in [1.165, 1.54) is 0 Å². The summed E-state index contributed by atoms with van der Waals surface area (Å²) in [5.74, 6) is 0.0536. The van der Waals surface area contributed by atoms with E-state index in [0.29, 0.717) is 29.4 Å². The Bertz CT molecular complexity index is 1330. The van der Waals surface area contributed by atoms with E-state index in [1.54, 1.807) is 43.4 Å². The topological polar surface area (TPSA) is 76.1 Å². The molecule has 1 fully saturated rings. The standard InChI is InChI=1S/C30H30BrNO5/c1-18(2)20-6-8-21(9-7-20)27-26(28(33)22-10-12-23(31)13-11-22)29(34)30(35)32(27)16-15-19-5-14-24(36-3)25(17-19)37-4/h5-14,17-18,27,33H,15-16H2,1-4H3. The van der Waals surface area contributed by atoms with Gasteiger partial charge in [-0.25, -0.2) is 0 Å². The molecule has 1 N–H and O–H groups in total. The van der Waals surface area contributed by atoms with Gasteiger partial charge in [0.1, 0.15) is 5.76 Å². The van der Waals surface area contributed by atoms with Crippen LogP contribution in [-0.2, 0) is 16.0 Å². The average molecular weight is 564 g/mol. The van der Waals surface area contributed by atoms with Gasteiger partial charge < -0.3 is 19.5 Å². The first kappa shape index (κ1) is 26.5. The van der Waals surface area contributed by atoms with E-state index < -0.39 is 17.7 Å². The molecule has 0 aromatic heterocycles. The fraction of sp³-hybridized carbons (Fsp3) is 0.267. The number of aliphatic hydroxyl groups excluding tert-OH is 1. The summed E-state index contributed by atoms with van der Waals surface area (Å²) in [5.41, 5.74) is 3.43. The number of benzene rings is 3. The first-order valence-electron chi connectivity index (χ1n) is 12.1. The highest BCUT2D eigenvalue weighted by molar-refractivity contribution is 9.10. The second-order valence-electron chi connectivity index (χ2n) is 9.26. The fourth-order valence-electron chi connectivity index (χ4n) is 4.57. The van der Waals surface area contributed by atoms with E-state index >= 15 is 0 Å². The normalized spacial score (nSPS) is 16.9. The van der Waals surface area contributed by atoms with Crippen molar-refractivity contribution in [2.45, 2.75) is 32.2 Å². The van der Waals surface area contributed by atoms with Crippen molar-refractivity contribution in [3.63, 3.8) is 0 Å². The molecule has 1 atom stereocenters. The minimum atomic E-state index is -0.704. The molecule has 3 aromatic carbocycles. The number of rotatable bonds is 8. The number of halogens is 1. The molecule has 1 aliphatic rings. The summed E-state index contributed by atoms with van der Waals surface area (Å²) >= 11 is 3.39. The summed E-state index contributed by atoms with van der Waals surface area (Å²) < 4.78 is 11.6. The molecule has 3 aromatic rings. The Hall–Kier alpha value is -3.58. The molecule has 0 saturated carbocycles. The van der Waals surface area contributed by atoms with Crippen LogP contribution < -0.4 is 9.47 Å². The number of carbonyl (C=O) groups excluding carboxylic acids is 2. The Morgan fingerprint density at radius 2 is 1.59 bits per heavy atom. The van der Waals surface area contributed by atoms with E-state index in [2.05, 4.69) is 29.8 Å². The minimum absolute atomic E-state index is 0.0944. The average Bonchev–Trinajstić information content (AvgIpc) is 3.16. The lowest BCUT2D eigenvalue weighted by molar-refractivity contribution is -0.139. The fourth-order valence-corrected chi connectivity index (χ4v) is 4.83. The summed E-state index contributed by atoms with van der Waals surface area (Å²) in [5, 5.41) is 11.2. The third-order valence-corrected chi connectivity index (χ3v) is 7.19. The molecule has 4 rings (SSSR count). The number of hydrogen-bond acceptors (Lipinski definition) is 5. The lowest BCUT2D eigenvalue weighted by atomic mass is 9.93. The Morgan fingerprint density at radius 3 is 2.19 bits per heavy atom. The Balaban J connectivity index is 1.75. The van der Waals surface area contributed by atoms with E-state index in [1.807, 2.05) is 42.5 Å². The monoisotopic (exact) mass is 563 g/mol. The molecule has 0 spiro atoms. The summed E-state index contributed by atoms with van der Waals surface area (Å²) in [6, 6.07) is 19.8. The third-order valence-electron chi connectivity index (χ3n) is 6.67. The maximum Gasteiger partial charge on any atom is 0.295 e. The first-order valence-corrected chi connectivity index (χ1v) is 12.9. The van der Waals surface area contributed by atoms with E-state index in [0.717, 1.165) is 21.2 Å².